The molecule has 1 N–H and O–H groups in total. The molecule has 1 fully saturated rings. The van der Waals surface area contributed by atoms with Crippen LogP contribution in [-0.2, 0) is 14.4 Å². The Labute approximate surface area is 217 Å². The predicted molar refractivity (Wildman–Crippen MR) is 139 cm³/mol. The molecule has 3 aromatic carbocycles. The van der Waals surface area contributed by atoms with Gasteiger partial charge in [-0.05, 0) is 88.9 Å². The van der Waals surface area contributed by atoms with E-state index in [0.29, 0.717) is 27.0 Å². The minimum atomic E-state index is -0.956. The van der Waals surface area contributed by atoms with Gasteiger partial charge in [0.05, 0.1) is 23.2 Å². The zero-order valence-corrected chi connectivity index (χ0v) is 21.8. The van der Waals surface area contributed by atoms with Crippen LogP contribution in [0.5, 0.6) is 11.5 Å². The molecule has 0 spiro atoms. The number of halogens is 1. The lowest BCUT2D eigenvalue weighted by Gasteiger charge is -2.26. The van der Waals surface area contributed by atoms with Crippen molar-refractivity contribution in [2.75, 3.05) is 12.0 Å². The summed E-state index contributed by atoms with van der Waals surface area (Å²) in [5.41, 5.74) is 3.11. The van der Waals surface area contributed by atoms with Crippen LogP contribution in [0.4, 0.5) is 5.69 Å². The van der Waals surface area contributed by atoms with Crippen LogP contribution in [0, 0.1) is 13.8 Å². The Morgan fingerprint density at radius 3 is 2.31 bits per heavy atom. The van der Waals surface area contributed by atoms with Crippen molar-refractivity contribution < 1.29 is 29.0 Å². The third-order valence-corrected chi connectivity index (χ3v) is 6.41. The second-order valence-electron chi connectivity index (χ2n) is 8.53. The maximum Gasteiger partial charge on any atom is 0.308 e. The fraction of sp³-hybridized carbons (Fsp3) is 0.179. The number of benzene rings is 3. The Hall–Kier alpha value is -3.91. The van der Waals surface area contributed by atoms with Crippen molar-refractivity contribution in [1.82, 2.24) is 0 Å². The molecule has 0 radical (unpaired) electrons. The smallest absolute Gasteiger partial charge is 0.308 e. The minimum Gasteiger partial charge on any atom is -0.507 e. The number of rotatable bonds is 5. The van der Waals surface area contributed by atoms with Crippen LogP contribution in [-0.4, -0.2) is 29.9 Å². The van der Waals surface area contributed by atoms with Gasteiger partial charge in [-0.3, -0.25) is 19.3 Å². The lowest BCUT2D eigenvalue weighted by molar-refractivity contribution is -0.132. The molecule has 4 rings (SSSR count). The molecule has 0 aromatic heterocycles. The second kappa shape index (κ2) is 9.99. The van der Waals surface area contributed by atoms with Crippen molar-refractivity contribution in [2.24, 2.45) is 0 Å². The Balaban J connectivity index is 1.96. The summed E-state index contributed by atoms with van der Waals surface area (Å²) in [5.74, 6) is -1.60. The van der Waals surface area contributed by atoms with Gasteiger partial charge >= 0.3 is 5.97 Å². The first-order valence-corrected chi connectivity index (χ1v) is 11.9. The number of esters is 1. The molecule has 0 aliphatic carbocycles. The van der Waals surface area contributed by atoms with Gasteiger partial charge in [0.15, 0.2) is 0 Å². The van der Waals surface area contributed by atoms with Gasteiger partial charge in [-0.1, -0.05) is 18.2 Å². The lowest BCUT2D eigenvalue weighted by atomic mass is 9.94. The molecule has 3 aromatic rings. The molecule has 1 saturated heterocycles. The van der Waals surface area contributed by atoms with E-state index in [4.69, 9.17) is 9.47 Å². The standard InChI is InChI=1S/C28H24BrNO6/c1-15-10-16(2)12-20(11-15)30-25(18-6-5-7-21(13-18)36-17(3)31)24(27(33)28(30)34)26(32)19-8-9-23(35-4)22(29)14-19/h5-14,25,32H,1-4H3/b26-24+. The van der Waals surface area contributed by atoms with Crippen molar-refractivity contribution in [2.45, 2.75) is 26.8 Å². The first kappa shape index (κ1) is 25.2. The number of hydrogen-bond acceptors (Lipinski definition) is 6. The Kier molecular flexibility index (Phi) is 6.99. The second-order valence-corrected chi connectivity index (χ2v) is 9.38. The van der Waals surface area contributed by atoms with Crippen molar-refractivity contribution in [1.29, 1.82) is 0 Å². The maximum absolute atomic E-state index is 13.4. The Morgan fingerprint density at radius 2 is 1.69 bits per heavy atom. The molecular weight excluding hydrogens is 526 g/mol. The number of ether oxygens (including phenoxy) is 2. The molecule has 184 valence electrons. The van der Waals surface area contributed by atoms with Crippen LogP contribution in [0.2, 0.25) is 0 Å². The molecule has 1 unspecified atom stereocenters. The van der Waals surface area contributed by atoms with E-state index in [2.05, 4.69) is 15.9 Å². The van der Waals surface area contributed by atoms with Gasteiger partial charge < -0.3 is 14.6 Å². The molecule has 1 aliphatic rings. The van der Waals surface area contributed by atoms with Gasteiger partial charge in [0, 0.05) is 18.2 Å². The molecule has 0 bridgehead atoms. The summed E-state index contributed by atoms with van der Waals surface area (Å²) in [6.07, 6.45) is 0. The zero-order chi connectivity index (χ0) is 26.1. The van der Waals surface area contributed by atoms with E-state index in [1.807, 2.05) is 32.0 Å². The number of nitrogens with zero attached hydrogens (tertiary/aromatic N) is 1. The summed E-state index contributed by atoms with van der Waals surface area (Å²) in [6, 6.07) is 16.1. The fourth-order valence-electron chi connectivity index (χ4n) is 4.39. The lowest BCUT2D eigenvalue weighted by Crippen LogP contribution is -2.29. The van der Waals surface area contributed by atoms with E-state index in [0.717, 1.165) is 11.1 Å². The topological polar surface area (TPSA) is 93.1 Å². The number of carbonyl (C=O) groups is 3. The Bertz CT molecular complexity index is 1410. The highest BCUT2D eigenvalue weighted by Crippen LogP contribution is 2.43. The molecule has 1 atom stereocenters. The van der Waals surface area contributed by atoms with Crippen molar-refractivity contribution >= 4 is 45.0 Å². The fourth-order valence-corrected chi connectivity index (χ4v) is 4.93. The van der Waals surface area contributed by atoms with E-state index < -0.39 is 23.7 Å². The van der Waals surface area contributed by atoms with Gasteiger partial charge in [-0.15, -0.1) is 0 Å². The summed E-state index contributed by atoms with van der Waals surface area (Å²) < 4.78 is 11.1. The van der Waals surface area contributed by atoms with Gasteiger partial charge in [0.25, 0.3) is 11.7 Å². The number of amides is 1. The monoisotopic (exact) mass is 549 g/mol. The number of methoxy groups -OCH3 is 1. The van der Waals surface area contributed by atoms with E-state index in [-0.39, 0.29) is 17.1 Å². The number of Topliss-reactive ketones (excluding diaryl/α,β-unsaturated/α-hetero) is 1. The highest BCUT2D eigenvalue weighted by molar-refractivity contribution is 9.10. The Morgan fingerprint density at radius 1 is 1.00 bits per heavy atom. The normalized spacial score (nSPS) is 16.8. The highest BCUT2D eigenvalue weighted by Gasteiger charge is 2.47. The number of carbonyl (C=O) groups excluding carboxylic acids is 3. The van der Waals surface area contributed by atoms with Crippen LogP contribution >= 0.6 is 15.9 Å². The SMILES string of the molecule is COc1ccc(/C(O)=C2\C(=O)C(=O)N(c3cc(C)cc(C)c3)C2c2cccc(OC(C)=O)c2)cc1Br. The van der Waals surface area contributed by atoms with E-state index in [1.165, 1.54) is 18.9 Å². The third-order valence-electron chi connectivity index (χ3n) is 5.79. The third kappa shape index (κ3) is 4.77. The summed E-state index contributed by atoms with van der Waals surface area (Å²) in [5, 5.41) is 11.3. The molecule has 8 heteroatoms. The summed E-state index contributed by atoms with van der Waals surface area (Å²) in [6.45, 7) is 5.09. The molecule has 1 amide bonds. The number of hydrogen-bond donors (Lipinski definition) is 1. The molecule has 36 heavy (non-hydrogen) atoms. The van der Waals surface area contributed by atoms with Gasteiger partial charge in [-0.2, -0.15) is 0 Å². The maximum atomic E-state index is 13.4. The van der Waals surface area contributed by atoms with Crippen LogP contribution in [0.25, 0.3) is 5.76 Å². The van der Waals surface area contributed by atoms with Crippen molar-refractivity contribution in [3.05, 3.63) is 93.0 Å². The predicted octanol–water partition coefficient (Wildman–Crippen LogP) is 5.63. The van der Waals surface area contributed by atoms with Gasteiger partial charge in [-0.25, -0.2) is 0 Å². The minimum absolute atomic E-state index is 0.0730. The number of anilines is 1. The van der Waals surface area contributed by atoms with E-state index in [9.17, 15) is 19.5 Å². The van der Waals surface area contributed by atoms with Crippen LogP contribution in [0.15, 0.2) is 70.7 Å². The van der Waals surface area contributed by atoms with E-state index in [1.54, 1.807) is 42.5 Å². The molecule has 7 nitrogen and oxygen atoms in total. The molecule has 1 aliphatic heterocycles. The van der Waals surface area contributed by atoms with Crippen molar-refractivity contribution in [3.63, 3.8) is 0 Å². The largest absolute Gasteiger partial charge is 0.507 e. The first-order valence-electron chi connectivity index (χ1n) is 11.1. The summed E-state index contributed by atoms with van der Waals surface area (Å²) >= 11 is 3.40. The molecule has 0 saturated carbocycles. The number of aliphatic hydroxyl groups is 1. The quantitative estimate of drug-likeness (QED) is 0.146. The highest BCUT2D eigenvalue weighted by atomic mass is 79.9. The summed E-state index contributed by atoms with van der Waals surface area (Å²) in [7, 11) is 1.52. The average molecular weight is 550 g/mol. The number of aliphatic hydroxyl groups excluding tert-OH is 1. The van der Waals surface area contributed by atoms with Crippen LogP contribution in [0.3, 0.4) is 0 Å². The zero-order valence-electron chi connectivity index (χ0n) is 20.2. The van der Waals surface area contributed by atoms with Gasteiger partial charge in [0.1, 0.15) is 17.3 Å². The first-order chi connectivity index (χ1) is 17.1. The van der Waals surface area contributed by atoms with E-state index >= 15 is 0 Å². The number of ketones is 1. The number of aryl methyl sites for hydroxylation is 2. The molecule has 1 heterocycles. The molecular formula is C28H24BrNO6. The van der Waals surface area contributed by atoms with Crippen molar-refractivity contribution in [3.8, 4) is 11.5 Å². The van der Waals surface area contributed by atoms with Crippen LogP contribution < -0.4 is 14.4 Å². The van der Waals surface area contributed by atoms with Crippen LogP contribution in [0.1, 0.15) is 35.2 Å². The average Bonchev–Trinajstić information content (AvgIpc) is 3.08. The van der Waals surface area contributed by atoms with Gasteiger partial charge in [0.2, 0.25) is 0 Å². The summed E-state index contributed by atoms with van der Waals surface area (Å²) in [4.78, 5) is 39.7.